The highest BCUT2D eigenvalue weighted by atomic mass is 19.3. The third-order valence-electron chi connectivity index (χ3n) is 8.09. The van der Waals surface area contributed by atoms with E-state index in [2.05, 4.69) is 0 Å². The van der Waals surface area contributed by atoms with E-state index >= 15 is 0 Å². The maximum Gasteiger partial charge on any atom is 0.386 e. The van der Waals surface area contributed by atoms with Gasteiger partial charge >= 0.3 is 12.2 Å². The predicted octanol–water partition coefficient (Wildman–Crippen LogP) is 9.04. The first-order valence-electron chi connectivity index (χ1n) is 14.6. The van der Waals surface area contributed by atoms with Crippen LogP contribution in [-0.2, 0) is 26.7 Å². The van der Waals surface area contributed by atoms with E-state index < -0.39 is 59.2 Å². The van der Waals surface area contributed by atoms with Gasteiger partial charge in [-0.3, -0.25) is 0 Å². The summed E-state index contributed by atoms with van der Waals surface area (Å²) in [6, 6.07) is 4.93. The molecule has 4 rings (SSSR count). The second-order valence-electron chi connectivity index (χ2n) is 11.3. The average Bonchev–Trinajstić information content (AvgIpc) is 2.95. The van der Waals surface area contributed by atoms with Gasteiger partial charge in [0.25, 0.3) is 0 Å². The fourth-order valence-electron chi connectivity index (χ4n) is 5.70. The van der Waals surface area contributed by atoms with Gasteiger partial charge in [-0.1, -0.05) is 19.4 Å². The largest absolute Gasteiger partial charge is 0.467 e. The van der Waals surface area contributed by atoms with Gasteiger partial charge < -0.3 is 18.9 Å². The summed E-state index contributed by atoms with van der Waals surface area (Å²) in [6.07, 6.45) is -6.05. The van der Waals surface area contributed by atoms with Gasteiger partial charge in [-0.15, -0.1) is 0 Å². The molecule has 2 aromatic carbocycles. The normalized spacial score (nSPS) is 23.4. The molecule has 0 aliphatic heterocycles. The Balaban J connectivity index is 1.16. The van der Waals surface area contributed by atoms with Crippen LogP contribution >= 0.6 is 0 Å². The molecule has 0 bridgehead atoms. The molecule has 4 nitrogen and oxygen atoms in total. The molecule has 2 aliphatic rings. The number of rotatable bonds is 13. The lowest BCUT2D eigenvalue weighted by Crippen LogP contribution is -2.41. The molecular weight excluding hydrogens is 588 g/mol. The number of benzene rings is 2. The Hall–Kier alpha value is -2.44. The van der Waals surface area contributed by atoms with Crippen LogP contribution in [0.4, 0.5) is 35.1 Å². The number of alkyl halides is 4. The molecule has 0 atom stereocenters. The topological polar surface area (TPSA) is 36.9 Å². The highest BCUT2D eigenvalue weighted by molar-refractivity contribution is 5.27. The fourth-order valence-corrected chi connectivity index (χ4v) is 5.70. The van der Waals surface area contributed by atoms with E-state index in [1.807, 2.05) is 6.92 Å². The quantitative estimate of drug-likeness (QED) is 0.0965. The summed E-state index contributed by atoms with van der Waals surface area (Å²) in [6.45, 7) is 1.81. The van der Waals surface area contributed by atoms with Gasteiger partial charge in [0.05, 0.1) is 30.3 Å². The Labute approximate surface area is 245 Å². The van der Waals surface area contributed by atoms with E-state index in [1.54, 1.807) is 0 Å². The third-order valence-corrected chi connectivity index (χ3v) is 8.09. The second-order valence-corrected chi connectivity index (χ2v) is 11.3. The van der Waals surface area contributed by atoms with Gasteiger partial charge in [-0.05, 0) is 81.4 Å². The van der Waals surface area contributed by atoms with Gasteiger partial charge in [0, 0.05) is 12.1 Å². The summed E-state index contributed by atoms with van der Waals surface area (Å²) in [4.78, 5) is 0. The smallest absolute Gasteiger partial charge is 0.386 e. The summed E-state index contributed by atoms with van der Waals surface area (Å²) in [5.41, 5.74) is -0.259. The van der Waals surface area contributed by atoms with Gasteiger partial charge in [-0.2, -0.15) is 17.6 Å². The lowest BCUT2D eigenvalue weighted by molar-refractivity contribution is -0.312. The lowest BCUT2D eigenvalue weighted by atomic mass is 9.85. The molecule has 0 N–H and O–H groups in total. The maximum atomic E-state index is 15.0. The van der Waals surface area contributed by atoms with E-state index in [-0.39, 0.29) is 50.8 Å². The number of halogens is 8. The second kappa shape index (κ2) is 14.6. The van der Waals surface area contributed by atoms with Crippen LogP contribution in [0.15, 0.2) is 30.3 Å². The van der Waals surface area contributed by atoms with Crippen LogP contribution in [0.3, 0.4) is 0 Å². The zero-order valence-electron chi connectivity index (χ0n) is 23.8. The van der Waals surface area contributed by atoms with Crippen molar-refractivity contribution in [2.45, 2.75) is 95.6 Å². The summed E-state index contributed by atoms with van der Waals surface area (Å²) in [5, 5.41) is 0. The van der Waals surface area contributed by atoms with Crippen LogP contribution in [0.1, 0.15) is 75.8 Å². The van der Waals surface area contributed by atoms with E-state index in [0.717, 1.165) is 18.6 Å². The zero-order valence-corrected chi connectivity index (χ0v) is 23.8. The summed E-state index contributed by atoms with van der Waals surface area (Å²) in [7, 11) is 0. The van der Waals surface area contributed by atoms with E-state index in [4.69, 9.17) is 18.9 Å². The van der Waals surface area contributed by atoms with Gasteiger partial charge in [0.2, 0.25) is 0 Å². The van der Waals surface area contributed by atoms with Crippen LogP contribution in [0, 0.1) is 35.1 Å². The molecule has 0 saturated heterocycles. The van der Waals surface area contributed by atoms with Crippen molar-refractivity contribution < 1.29 is 54.1 Å². The van der Waals surface area contributed by atoms with Crippen LogP contribution in [0.25, 0.3) is 0 Å². The van der Waals surface area contributed by atoms with Crippen LogP contribution in [0.5, 0.6) is 5.75 Å². The molecule has 0 spiro atoms. The van der Waals surface area contributed by atoms with Crippen molar-refractivity contribution in [3.63, 3.8) is 0 Å². The Kier molecular flexibility index (Phi) is 11.3. The number of aryl methyl sites for hydroxylation is 1. The Morgan fingerprint density at radius 3 is 1.95 bits per heavy atom. The van der Waals surface area contributed by atoms with E-state index in [0.29, 0.717) is 49.8 Å². The molecular formula is C31H36F8O4. The van der Waals surface area contributed by atoms with Gasteiger partial charge in [0.1, 0.15) is 11.6 Å². The van der Waals surface area contributed by atoms with Crippen molar-refractivity contribution in [2.24, 2.45) is 11.8 Å². The monoisotopic (exact) mass is 624 g/mol. The molecule has 2 aliphatic carbocycles. The predicted molar refractivity (Wildman–Crippen MR) is 141 cm³/mol. The first kappa shape index (κ1) is 33.5. The summed E-state index contributed by atoms with van der Waals surface area (Å²) >= 11 is 0. The van der Waals surface area contributed by atoms with Crippen molar-refractivity contribution in [2.75, 3.05) is 13.4 Å². The van der Waals surface area contributed by atoms with Crippen molar-refractivity contribution in [3.8, 4) is 5.75 Å². The molecule has 0 amide bonds. The van der Waals surface area contributed by atoms with Gasteiger partial charge in [-0.25, -0.2) is 17.6 Å². The van der Waals surface area contributed by atoms with Crippen molar-refractivity contribution >= 4 is 0 Å². The van der Waals surface area contributed by atoms with Crippen molar-refractivity contribution in [3.05, 3.63) is 64.7 Å². The molecule has 0 heterocycles. The molecule has 2 fully saturated rings. The molecule has 0 aromatic heterocycles. The minimum absolute atomic E-state index is 0.0297. The zero-order chi connectivity index (χ0) is 31.2. The molecule has 2 saturated carbocycles. The van der Waals surface area contributed by atoms with Crippen LogP contribution in [-0.4, -0.2) is 31.7 Å². The van der Waals surface area contributed by atoms with Crippen LogP contribution in [0.2, 0.25) is 0 Å². The van der Waals surface area contributed by atoms with Gasteiger partial charge in [0.15, 0.2) is 24.2 Å². The average molecular weight is 625 g/mol. The number of hydrogen-bond donors (Lipinski definition) is 0. The van der Waals surface area contributed by atoms with Crippen molar-refractivity contribution in [1.82, 2.24) is 0 Å². The Morgan fingerprint density at radius 1 is 0.744 bits per heavy atom. The number of hydrogen-bond acceptors (Lipinski definition) is 4. The lowest BCUT2D eigenvalue weighted by Gasteiger charge is -2.37. The highest BCUT2D eigenvalue weighted by Gasteiger charge is 2.47. The maximum absolute atomic E-state index is 15.0. The standard InChI is InChI=1S/C31H36F8O4/c1-2-3-19-6-13-25(26(32)14-19)31(38,39)43-23-11-7-21(8-12-23)30(36,37)42-22-9-4-20(5-10-22)17-40-18-41-24-15-27(33)29(35)28(34)16-24/h6,13-16,20-23H,2-5,7-12,17-18H2,1H3. The van der Waals surface area contributed by atoms with E-state index in [1.165, 1.54) is 6.07 Å². The molecule has 43 heavy (non-hydrogen) atoms. The first-order chi connectivity index (χ1) is 20.4. The summed E-state index contributed by atoms with van der Waals surface area (Å²) < 4.78 is 134. The fraction of sp³-hybridized carbons (Fsp3) is 0.613. The molecule has 2 aromatic rings. The Morgan fingerprint density at radius 2 is 1.35 bits per heavy atom. The summed E-state index contributed by atoms with van der Waals surface area (Å²) in [5.74, 6) is -6.75. The molecule has 12 heteroatoms. The highest BCUT2D eigenvalue weighted by Crippen LogP contribution is 2.43. The van der Waals surface area contributed by atoms with Crippen molar-refractivity contribution in [1.29, 1.82) is 0 Å². The Bertz CT molecular complexity index is 1170. The SMILES string of the molecule is CCCc1ccc(C(F)(F)OC2CCC(C(F)(F)OC3CCC(COCOc4cc(F)c(F)c(F)c4)CC3)CC2)c(F)c1. The third kappa shape index (κ3) is 9.04. The van der Waals surface area contributed by atoms with Crippen LogP contribution < -0.4 is 4.74 Å². The number of ether oxygens (including phenoxy) is 4. The first-order valence-corrected chi connectivity index (χ1v) is 14.6. The van der Waals surface area contributed by atoms with E-state index in [9.17, 15) is 35.1 Å². The molecule has 0 unspecified atom stereocenters. The minimum atomic E-state index is -3.88. The molecule has 240 valence electrons. The molecule has 0 radical (unpaired) electrons. The minimum Gasteiger partial charge on any atom is -0.467 e.